The van der Waals surface area contributed by atoms with Gasteiger partial charge in [-0.3, -0.25) is 4.79 Å². The predicted octanol–water partition coefficient (Wildman–Crippen LogP) is 2.88. The van der Waals surface area contributed by atoms with Crippen molar-refractivity contribution in [2.45, 2.75) is 38.4 Å². The van der Waals surface area contributed by atoms with Crippen LogP contribution in [0.1, 0.15) is 26.7 Å². The summed E-state index contributed by atoms with van der Waals surface area (Å²) >= 11 is 6.33. The lowest BCUT2D eigenvalue weighted by Crippen LogP contribution is -2.44. The molecule has 2 fully saturated rings. The molecule has 11 heteroatoms. The second-order valence-electron chi connectivity index (χ2n) is 8.86. The van der Waals surface area contributed by atoms with E-state index in [0.717, 1.165) is 19.4 Å². The molecule has 4 rings (SSSR count). The van der Waals surface area contributed by atoms with E-state index < -0.39 is 5.95 Å². The van der Waals surface area contributed by atoms with E-state index in [-0.39, 0.29) is 29.3 Å². The molecule has 3 N–H and O–H groups in total. The highest BCUT2D eigenvalue weighted by Gasteiger charge is 2.28. The molecule has 0 aromatic carbocycles. The number of hydrogen-bond acceptors (Lipinski definition) is 8. The Morgan fingerprint density at radius 3 is 2.94 bits per heavy atom. The maximum atomic E-state index is 14.3. The summed E-state index contributed by atoms with van der Waals surface area (Å²) in [5.74, 6) is -0.626. The van der Waals surface area contributed by atoms with Crippen molar-refractivity contribution in [2.75, 3.05) is 43.5 Å². The highest BCUT2D eigenvalue weighted by atomic mass is 35.5. The van der Waals surface area contributed by atoms with Gasteiger partial charge in [0.2, 0.25) is 5.91 Å². The van der Waals surface area contributed by atoms with Gasteiger partial charge in [-0.15, -0.1) is 0 Å². The molecule has 0 radical (unpaired) electrons. The quantitative estimate of drug-likeness (QED) is 0.581. The molecular formula is C22H28ClFN6O3. The number of anilines is 2. The Bertz CT molecular complexity index is 992. The standard InChI is InChI=1S/C22H28ClFN6O3/c1-22(2)12-32-14(11-33-22)8-28-20-19(24)27-10-17(29-20)15-6-18(26-9-16(15)23)30-21(31)13-4-3-5-25-7-13/h6,9-10,13-14,25H,3-5,7-8,11-12H2,1-2H3,(H,28,29)(H,26,30,31)/t13-,14+/m1/s1. The van der Waals surface area contributed by atoms with Crippen molar-refractivity contribution < 1.29 is 18.7 Å². The number of aromatic nitrogens is 3. The van der Waals surface area contributed by atoms with E-state index in [9.17, 15) is 9.18 Å². The second kappa shape index (κ2) is 10.3. The molecular weight excluding hydrogens is 451 g/mol. The van der Waals surface area contributed by atoms with Crippen LogP contribution in [0.15, 0.2) is 18.5 Å². The van der Waals surface area contributed by atoms with Crippen LogP contribution < -0.4 is 16.0 Å². The van der Waals surface area contributed by atoms with E-state index in [4.69, 9.17) is 21.1 Å². The van der Waals surface area contributed by atoms with Gasteiger partial charge in [-0.2, -0.15) is 4.39 Å². The van der Waals surface area contributed by atoms with E-state index in [2.05, 4.69) is 30.9 Å². The number of carbonyl (C=O) groups is 1. The van der Waals surface area contributed by atoms with Gasteiger partial charge in [-0.05, 0) is 39.3 Å². The van der Waals surface area contributed by atoms with Crippen LogP contribution in [0.4, 0.5) is 16.0 Å². The second-order valence-corrected chi connectivity index (χ2v) is 9.27. The molecule has 9 nitrogen and oxygen atoms in total. The lowest BCUT2D eigenvalue weighted by molar-refractivity contribution is -0.170. The number of pyridine rings is 1. The van der Waals surface area contributed by atoms with Gasteiger partial charge >= 0.3 is 0 Å². The van der Waals surface area contributed by atoms with Gasteiger partial charge < -0.3 is 25.4 Å². The van der Waals surface area contributed by atoms with Crippen molar-refractivity contribution in [1.82, 2.24) is 20.3 Å². The molecule has 2 aliphatic rings. The number of amides is 1. The molecule has 4 heterocycles. The number of carbonyl (C=O) groups excluding carboxylic acids is 1. The minimum absolute atomic E-state index is 0.0207. The average Bonchev–Trinajstić information content (AvgIpc) is 2.81. The number of ether oxygens (including phenoxy) is 2. The molecule has 2 atom stereocenters. The highest BCUT2D eigenvalue weighted by Crippen LogP contribution is 2.29. The fraction of sp³-hybridized carbons (Fsp3) is 0.545. The Balaban J connectivity index is 1.45. The summed E-state index contributed by atoms with van der Waals surface area (Å²) in [6.45, 7) is 6.61. The summed E-state index contributed by atoms with van der Waals surface area (Å²) in [6.07, 6.45) is 4.27. The molecule has 2 aromatic heterocycles. The van der Waals surface area contributed by atoms with Crippen LogP contribution in [0.5, 0.6) is 0 Å². The van der Waals surface area contributed by atoms with E-state index >= 15 is 0 Å². The van der Waals surface area contributed by atoms with Gasteiger partial charge in [0.05, 0.1) is 47.8 Å². The zero-order valence-electron chi connectivity index (χ0n) is 18.7. The van der Waals surface area contributed by atoms with E-state index in [0.29, 0.717) is 48.4 Å². The topological polar surface area (TPSA) is 110 Å². The molecule has 1 amide bonds. The third-order valence-corrected chi connectivity index (χ3v) is 5.90. The van der Waals surface area contributed by atoms with Crippen LogP contribution >= 0.6 is 11.6 Å². The maximum absolute atomic E-state index is 14.3. The number of nitrogens with zero attached hydrogens (tertiary/aromatic N) is 3. The molecule has 2 aliphatic heterocycles. The highest BCUT2D eigenvalue weighted by molar-refractivity contribution is 6.33. The van der Waals surface area contributed by atoms with E-state index in [1.54, 1.807) is 6.07 Å². The Morgan fingerprint density at radius 2 is 2.21 bits per heavy atom. The predicted molar refractivity (Wildman–Crippen MR) is 123 cm³/mol. The summed E-state index contributed by atoms with van der Waals surface area (Å²) < 4.78 is 25.8. The van der Waals surface area contributed by atoms with Crippen molar-refractivity contribution in [3.8, 4) is 11.3 Å². The van der Waals surface area contributed by atoms with E-state index in [1.807, 2.05) is 13.8 Å². The van der Waals surface area contributed by atoms with Gasteiger partial charge in [0.15, 0.2) is 5.82 Å². The summed E-state index contributed by atoms with van der Waals surface area (Å²) in [4.78, 5) is 24.9. The molecule has 33 heavy (non-hydrogen) atoms. The van der Waals surface area contributed by atoms with Crippen LogP contribution in [-0.2, 0) is 14.3 Å². The van der Waals surface area contributed by atoms with Gasteiger partial charge in [0.1, 0.15) is 5.82 Å². The first-order valence-corrected chi connectivity index (χ1v) is 11.4. The Labute approximate surface area is 196 Å². The van der Waals surface area contributed by atoms with Crippen molar-refractivity contribution in [1.29, 1.82) is 0 Å². The van der Waals surface area contributed by atoms with Crippen LogP contribution in [0, 0.1) is 11.9 Å². The van der Waals surface area contributed by atoms with Crippen molar-refractivity contribution in [2.24, 2.45) is 5.92 Å². The molecule has 2 saturated heterocycles. The lowest BCUT2D eigenvalue weighted by Gasteiger charge is -2.35. The molecule has 178 valence electrons. The fourth-order valence-corrected chi connectivity index (χ4v) is 3.88. The first kappa shape index (κ1) is 23.7. The van der Waals surface area contributed by atoms with E-state index in [1.165, 1.54) is 12.4 Å². The largest absolute Gasteiger partial charge is 0.371 e. The minimum atomic E-state index is -0.737. The van der Waals surface area contributed by atoms with Crippen LogP contribution in [0.2, 0.25) is 5.02 Å². The summed E-state index contributed by atoms with van der Waals surface area (Å²) in [6, 6.07) is 1.61. The van der Waals surface area contributed by atoms with Crippen molar-refractivity contribution in [3.05, 3.63) is 29.4 Å². The fourth-order valence-electron chi connectivity index (χ4n) is 3.68. The maximum Gasteiger partial charge on any atom is 0.255 e. The first-order chi connectivity index (χ1) is 15.8. The van der Waals surface area contributed by atoms with Gasteiger partial charge in [-0.1, -0.05) is 11.6 Å². The number of rotatable bonds is 6. The first-order valence-electron chi connectivity index (χ1n) is 11.0. The summed E-state index contributed by atoms with van der Waals surface area (Å²) in [7, 11) is 0. The molecule has 2 aromatic rings. The minimum Gasteiger partial charge on any atom is -0.371 e. The van der Waals surface area contributed by atoms with Gasteiger partial charge in [-0.25, -0.2) is 15.0 Å². The summed E-state index contributed by atoms with van der Waals surface area (Å²) in [5.41, 5.74) is 0.501. The third-order valence-electron chi connectivity index (χ3n) is 5.60. The number of nitrogens with one attached hydrogen (secondary N) is 3. The summed E-state index contributed by atoms with van der Waals surface area (Å²) in [5, 5.41) is 9.30. The number of piperidine rings is 1. The number of hydrogen-bond donors (Lipinski definition) is 3. The van der Waals surface area contributed by atoms with Crippen LogP contribution in [0.3, 0.4) is 0 Å². The molecule has 0 unspecified atom stereocenters. The Kier molecular flexibility index (Phi) is 7.38. The van der Waals surface area contributed by atoms with Crippen LogP contribution in [0.25, 0.3) is 11.3 Å². The van der Waals surface area contributed by atoms with Crippen LogP contribution in [-0.4, -0.2) is 65.4 Å². The van der Waals surface area contributed by atoms with Crippen molar-refractivity contribution in [3.63, 3.8) is 0 Å². The third kappa shape index (κ3) is 6.14. The van der Waals surface area contributed by atoms with Gasteiger partial charge in [0, 0.05) is 24.8 Å². The molecule has 0 aliphatic carbocycles. The monoisotopic (exact) mass is 478 g/mol. The molecule has 0 bridgehead atoms. The lowest BCUT2D eigenvalue weighted by atomic mass is 9.99. The Morgan fingerprint density at radius 1 is 1.36 bits per heavy atom. The Hall–Kier alpha value is -2.40. The zero-order valence-corrected chi connectivity index (χ0v) is 19.4. The average molecular weight is 479 g/mol. The zero-order chi connectivity index (χ0) is 23.4. The van der Waals surface area contributed by atoms with Crippen molar-refractivity contribution >= 4 is 29.1 Å². The molecule has 0 saturated carbocycles. The van der Waals surface area contributed by atoms with Gasteiger partial charge in [0.25, 0.3) is 5.95 Å². The normalized spacial score (nSPS) is 22.5. The smallest absolute Gasteiger partial charge is 0.255 e. The SMILES string of the molecule is CC1(C)CO[C@@H](CNc2nc(-c3cc(NC(=O)[C@@H]4CCCNC4)ncc3Cl)cnc2F)CO1. The number of halogens is 2. The molecule has 0 spiro atoms.